The van der Waals surface area contributed by atoms with Crippen LogP contribution in [0.15, 0.2) is 29.3 Å². The molecule has 29 heavy (non-hydrogen) atoms. The lowest BCUT2D eigenvalue weighted by atomic mass is 10.0. The molecular weight excluding hydrogens is 364 g/mol. The van der Waals surface area contributed by atoms with E-state index >= 15 is 0 Å². The van der Waals surface area contributed by atoms with E-state index in [4.69, 9.17) is 14.5 Å². The van der Waals surface area contributed by atoms with Crippen molar-refractivity contribution in [3.63, 3.8) is 0 Å². The maximum atomic E-state index is 5.58. The maximum absolute atomic E-state index is 5.58. The van der Waals surface area contributed by atoms with E-state index in [9.17, 15) is 0 Å². The summed E-state index contributed by atoms with van der Waals surface area (Å²) in [6.45, 7) is 8.32. The Morgan fingerprint density at radius 3 is 2.52 bits per heavy atom. The normalized spacial score (nSPS) is 22.8. The van der Waals surface area contributed by atoms with Gasteiger partial charge in [-0.3, -0.25) is 9.89 Å². The van der Waals surface area contributed by atoms with E-state index in [1.807, 2.05) is 0 Å². The van der Waals surface area contributed by atoms with Crippen LogP contribution < -0.4 is 15.4 Å². The van der Waals surface area contributed by atoms with Gasteiger partial charge in [0.25, 0.3) is 0 Å². The molecule has 0 bridgehead atoms. The van der Waals surface area contributed by atoms with Crippen molar-refractivity contribution in [3.05, 3.63) is 29.8 Å². The fourth-order valence-electron chi connectivity index (χ4n) is 4.50. The molecule has 3 fully saturated rings. The molecule has 1 aromatic carbocycles. The first-order valence-electron chi connectivity index (χ1n) is 11.2. The van der Waals surface area contributed by atoms with Crippen molar-refractivity contribution in [3.8, 4) is 5.75 Å². The van der Waals surface area contributed by atoms with E-state index in [1.54, 1.807) is 7.11 Å². The van der Waals surface area contributed by atoms with Gasteiger partial charge in [-0.1, -0.05) is 12.1 Å². The quantitative estimate of drug-likeness (QED) is 0.493. The zero-order chi connectivity index (χ0) is 20.1. The molecule has 2 saturated carbocycles. The van der Waals surface area contributed by atoms with E-state index in [2.05, 4.69) is 46.7 Å². The molecule has 0 spiro atoms. The highest BCUT2D eigenvalue weighted by atomic mass is 16.5. The summed E-state index contributed by atoms with van der Waals surface area (Å²) in [6.07, 6.45) is 5.55. The summed E-state index contributed by atoms with van der Waals surface area (Å²) in [5.74, 6) is 2.79. The molecule has 0 aromatic heterocycles. The first-order valence-corrected chi connectivity index (χ1v) is 11.2. The van der Waals surface area contributed by atoms with Crippen LogP contribution in [0.2, 0.25) is 0 Å². The highest BCUT2D eigenvalue weighted by molar-refractivity contribution is 5.79. The van der Waals surface area contributed by atoms with Crippen LogP contribution in [0.25, 0.3) is 0 Å². The minimum absolute atomic E-state index is 0.284. The molecule has 1 aromatic rings. The number of methoxy groups -OCH3 is 1. The lowest BCUT2D eigenvalue weighted by molar-refractivity contribution is 0.0170. The molecule has 2 aliphatic carbocycles. The minimum atomic E-state index is 0.284. The topological polar surface area (TPSA) is 58.1 Å². The van der Waals surface area contributed by atoms with Gasteiger partial charge in [0, 0.05) is 32.7 Å². The highest BCUT2D eigenvalue weighted by Crippen LogP contribution is 2.61. The van der Waals surface area contributed by atoms with Crippen molar-refractivity contribution in [2.75, 3.05) is 53.0 Å². The predicted octanol–water partition coefficient (Wildman–Crippen LogP) is 2.81. The molecule has 1 atom stereocenters. The number of aliphatic imine (C=N–C) groups is 1. The van der Waals surface area contributed by atoms with Gasteiger partial charge in [0.1, 0.15) is 5.75 Å². The Labute approximate surface area is 175 Å². The van der Waals surface area contributed by atoms with Crippen LogP contribution >= 0.6 is 0 Å². The number of guanidine groups is 1. The third-order valence-electron chi connectivity index (χ3n) is 6.68. The number of ether oxygens (including phenoxy) is 2. The van der Waals surface area contributed by atoms with Crippen molar-refractivity contribution in [2.24, 2.45) is 16.3 Å². The van der Waals surface area contributed by atoms with Crippen molar-refractivity contribution in [1.29, 1.82) is 0 Å². The van der Waals surface area contributed by atoms with Crippen molar-refractivity contribution >= 4 is 5.96 Å². The molecule has 6 nitrogen and oxygen atoms in total. The fourth-order valence-corrected chi connectivity index (χ4v) is 4.50. The third kappa shape index (κ3) is 5.23. The van der Waals surface area contributed by atoms with Crippen LogP contribution in [0.3, 0.4) is 0 Å². The molecule has 1 saturated heterocycles. The second-order valence-electron chi connectivity index (χ2n) is 8.65. The van der Waals surface area contributed by atoms with Crippen LogP contribution in [-0.4, -0.2) is 63.9 Å². The lowest BCUT2D eigenvalue weighted by Gasteiger charge is -2.35. The summed E-state index contributed by atoms with van der Waals surface area (Å²) in [7, 11) is 1.71. The number of morpholine rings is 1. The molecule has 4 rings (SSSR count). The molecule has 1 aliphatic heterocycles. The van der Waals surface area contributed by atoms with E-state index in [-0.39, 0.29) is 6.04 Å². The van der Waals surface area contributed by atoms with Gasteiger partial charge in [-0.05, 0) is 61.6 Å². The summed E-state index contributed by atoms with van der Waals surface area (Å²) in [5.41, 5.74) is 1.83. The SMILES string of the molecule is CCNC(=NCC1(C2CC2)CC1)NCC(c1ccc(OC)cc1)N1CCOCC1. The van der Waals surface area contributed by atoms with Crippen LogP contribution in [0.4, 0.5) is 0 Å². The second-order valence-corrected chi connectivity index (χ2v) is 8.65. The van der Waals surface area contributed by atoms with E-state index in [0.717, 1.165) is 63.6 Å². The van der Waals surface area contributed by atoms with Crippen molar-refractivity contribution < 1.29 is 9.47 Å². The fraction of sp³-hybridized carbons (Fsp3) is 0.696. The van der Waals surface area contributed by atoms with Crippen LogP contribution in [0.5, 0.6) is 5.75 Å². The number of hydrogen-bond acceptors (Lipinski definition) is 4. The van der Waals surface area contributed by atoms with Crippen molar-refractivity contribution in [2.45, 2.75) is 38.6 Å². The van der Waals surface area contributed by atoms with Gasteiger partial charge in [0.15, 0.2) is 5.96 Å². The Balaban J connectivity index is 1.43. The van der Waals surface area contributed by atoms with Gasteiger partial charge in [0.05, 0.1) is 26.4 Å². The van der Waals surface area contributed by atoms with Gasteiger partial charge in [-0.2, -0.15) is 0 Å². The number of nitrogens with zero attached hydrogens (tertiary/aromatic N) is 2. The molecule has 6 heteroatoms. The molecule has 160 valence electrons. The molecule has 0 amide bonds. The summed E-state index contributed by atoms with van der Waals surface area (Å²) < 4.78 is 10.9. The lowest BCUT2D eigenvalue weighted by Crippen LogP contribution is -2.46. The van der Waals surface area contributed by atoms with Gasteiger partial charge in [-0.25, -0.2) is 0 Å². The Morgan fingerprint density at radius 1 is 1.21 bits per heavy atom. The molecular formula is C23H36N4O2. The average molecular weight is 401 g/mol. The highest BCUT2D eigenvalue weighted by Gasteiger charge is 2.53. The predicted molar refractivity (Wildman–Crippen MR) is 116 cm³/mol. The third-order valence-corrected chi connectivity index (χ3v) is 6.68. The van der Waals surface area contributed by atoms with Crippen molar-refractivity contribution in [1.82, 2.24) is 15.5 Å². The monoisotopic (exact) mass is 400 g/mol. The largest absolute Gasteiger partial charge is 0.497 e. The summed E-state index contributed by atoms with van der Waals surface area (Å²) >= 11 is 0. The second kappa shape index (κ2) is 9.35. The summed E-state index contributed by atoms with van der Waals surface area (Å²) in [4.78, 5) is 7.49. The molecule has 3 aliphatic rings. The Kier molecular flexibility index (Phi) is 6.60. The minimum Gasteiger partial charge on any atom is -0.497 e. The zero-order valence-corrected chi connectivity index (χ0v) is 18.0. The van der Waals surface area contributed by atoms with E-state index < -0.39 is 0 Å². The van der Waals surface area contributed by atoms with Crippen LogP contribution in [0, 0.1) is 11.3 Å². The zero-order valence-electron chi connectivity index (χ0n) is 18.0. The standard InChI is InChI=1S/C23H36N4O2/c1-3-24-22(26-17-23(10-11-23)19-6-7-19)25-16-21(27-12-14-29-15-13-27)18-4-8-20(28-2)9-5-18/h4-5,8-9,19,21H,3,6-7,10-17H2,1-2H3,(H2,24,25,26). The Hall–Kier alpha value is -1.79. The first-order chi connectivity index (χ1) is 14.2. The van der Waals surface area contributed by atoms with Gasteiger partial charge >= 0.3 is 0 Å². The molecule has 2 N–H and O–H groups in total. The summed E-state index contributed by atoms with van der Waals surface area (Å²) in [6, 6.07) is 8.74. The molecule has 1 heterocycles. The maximum Gasteiger partial charge on any atom is 0.191 e. The number of rotatable bonds is 9. The van der Waals surface area contributed by atoms with Gasteiger partial charge in [0.2, 0.25) is 0 Å². The van der Waals surface area contributed by atoms with E-state index in [1.165, 1.54) is 31.2 Å². The van der Waals surface area contributed by atoms with Crippen LogP contribution in [0.1, 0.15) is 44.2 Å². The average Bonchev–Trinajstić information content (AvgIpc) is 3.67. The Morgan fingerprint density at radius 2 is 1.93 bits per heavy atom. The van der Waals surface area contributed by atoms with Crippen LogP contribution in [-0.2, 0) is 4.74 Å². The van der Waals surface area contributed by atoms with Gasteiger partial charge < -0.3 is 20.1 Å². The summed E-state index contributed by atoms with van der Waals surface area (Å²) in [5, 5.41) is 7.08. The smallest absolute Gasteiger partial charge is 0.191 e. The Bertz CT molecular complexity index is 677. The number of benzene rings is 1. The number of hydrogen-bond donors (Lipinski definition) is 2. The number of nitrogens with one attached hydrogen (secondary N) is 2. The molecule has 0 radical (unpaired) electrons. The van der Waals surface area contributed by atoms with E-state index in [0.29, 0.717) is 5.41 Å². The molecule has 1 unspecified atom stereocenters. The van der Waals surface area contributed by atoms with Gasteiger partial charge in [-0.15, -0.1) is 0 Å². The first kappa shape index (κ1) is 20.5.